The Morgan fingerprint density at radius 2 is 1.68 bits per heavy atom. The number of likely N-dealkylation sites (N-methyl/N-ethyl adjacent to an activating group) is 1. The molecular weight excluding hydrogens is 296 g/mol. The summed E-state index contributed by atoms with van der Waals surface area (Å²) >= 11 is 0. The molecule has 0 bridgehead atoms. The molecule has 0 aromatic heterocycles. The molecule has 126 valence electrons. The number of nitrogens with zero attached hydrogens (tertiary/aromatic N) is 1. The van der Waals surface area contributed by atoms with Crippen LogP contribution in [0.4, 0.5) is 0 Å². The van der Waals surface area contributed by atoms with Crippen molar-refractivity contribution < 1.29 is 38.2 Å². The number of nitrogens with two attached hydrogens (primary N) is 1. The maximum atomic E-state index is 12.2. The monoisotopic (exact) mass is 318 g/mol. The molecule has 0 spiro atoms. The Bertz CT molecular complexity index is 432. The van der Waals surface area contributed by atoms with Gasteiger partial charge in [-0.1, -0.05) is 0 Å². The van der Waals surface area contributed by atoms with Gasteiger partial charge in [-0.15, -0.1) is 0 Å². The number of ether oxygens (including phenoxy) is 2. The molecule has 2 unspecified atom stereocenters. The van der Waals surface area contributed by atoms with Gasteiger partial charge in [0.25, 0.3) is 0 Å². The van der Waals surface area contributed by atoms with Crippen LogP contribution in [0.1, 0.15) is 20.3 Å². The zero-order valence-corrected chi connectivity index (χ0v) is 13.2. The normalized spacial score (nSPS) is 13.9. The third-order valence-corrected chi connectivity index (χ3v) is 2.77. The van der Waals surface area contributed by atoms with Crippen LogP contribution in [0.5, 0.6) is 0 Å². The molecule has 0 heterocycles. The lowest BCUT2D eigenvalue weighted by atomic mass is 10.2. The number of aliphatic carboxylic acids is 1. The summed E-state index contributed by atoms with van der Waals surface area (Å²) < 4.78 is 9.20. The zero-order valence-electron chi connectivity index (χ0n) is 13.2. The Morgan fingerprint density at radius 1 is 1.14 bits per heavy atom. The van der Waals surface area contributed by atoms with E-state index in [1.165, 1.54) is 21.0 Å². The number of carboxylic acids is 1. The van der Waals surface area contributed by atoms with E-state index < -0.39 is 42.4 Å². The van der Waals surface area contributed by atoms with Crippen molar-refractivity contribution in [3.63, 3.8) is 0 Å². The summed E-state index contributed by atoms with van der Waals surface area (Å²) in [6.07, 6.45) is -1.56. The Morgan fingerprint density at radius 3 is 2.09 bits per heavy atom. The molecule has 0 rings (SSSR count). The molecule has 2 atom stereocenters. The van der Waals surface area contributed by atoms with E-state index in [2.05, 4.69) is 4.74 Å². The van der Waals surface area contributed by atoms with Crippen molar-refractivity contribution in [1.29, 1.82) is 0 Å². The topological polar surface area (TPSA) is 136 Å². The molecule has 0 aliphatic carbocycles. The minimum absolute atomic E-state index is 0.0971. The van der Waals surface area contributed by atoms with Gasteiger partial charge in [-0.25, -0.2) is 4.79 Å². The van der Waals surface area contributed by atoms with E-state index in [1.807, 2.05) is 0 Å². The van der Waals surface area contributed by atoms with E-state index in [-0.39, 0.29) is 17.6 Å². The van der Waals surface area contributed by atoms with Crippen LogP contribution in [-0.2, 0) is 28.7 Å². The molecule has 22 heavy (non-hydrogen) atoms. The standard InChI is InChI=1S/C13H22N2O7/c1-8(16)21-7-11(14)13(20)15(3,4)6-10(5-12(18)19)22-9(2)17/h10-11H,5-7,14H2,1-4H3. The van der Waals surface area contributed by atoms with E-state index in [0.717, 1.165) is 6.92 Å². The Balaban J connectivity index is 4.85. The van der Waals surface area contributed by atoms with Crippen LogP contribution in [0.3, 0.4) is 0 Å². The van der Waals surface area contributed by atoms with Crippen molar-refractivity contribution >= 4 is 23.8 Å². The van der Waals surface area contributed by atoms with Crippen molar-refractivity contribution in [3.05, 3.63) is 0 Å². The molecule has 1 amide bonds. The number of hydrogen-bond acceptors (Lipinski definition) is 8. The number of carbonyl (C=O) groups excluding carboxylic acids is 4. The van der Waals surface area contributed by atoms with E-state index in [4.69, 9.17) is 10.5 Å². The molecule has 0 aliphatic rings. The van der Waals surface area contributed by atoms with E-state index >= 15 is 0 Å². The summed E-state index contributed by atoms with van der Waals surface area (Å²) in [4.78, 5) is 44.6. The average molecular weight is 318 g/mol. The van der Waals surface area contributed by atoms with Crippen LogP contribution < -0.4 is 10.8 Å². The number of quaternary nitrogens is 1. The lowest BCUT2D eigenvalue weighted by Gasteiger charge is -2.32. The van der Waals surface area contributed by atoms with Gasteiger partial charge >= 0.3 is 17.8 Å². The van der Waals surface area contributed by atoms with Crippen LogP contribution >= 0.6 is 0 Å². The van der Waals surface area contributed by atoms with Gasteiger partial charge in [0.1, 0.15) is 13.2 Å². The Labute approximate surface area is 128 Å². The Kier molecular flexibility index (Phi) is 7.68. The fourth-order valence-corrected chi connectivity index (χ4v) is 1.89. The van der Waals surface area contributed by atoms with Crippen LogP contribution in [0.2, 0.25) is 0 Å². The quantitative estimate of drug-likeness (QED) is 0.385. The molecule has 0 aromatic rings. The second-order valence-corrected chi connectivity index (χ2v) is 5.42. The highest BCUT2D eigenvalue weighted by atomic mass is 16.5. The second-order valence-electron chi connectivity index (χ2n) is 5.42. The minimum Gasteiger partial charge on any atom is -0.550 e. The van der Waals surface area contributed by atoms with Crippen molar-refractivity contribution in [2.24, 2.45) is 5.73 Å². The van der Waals surface area contributed by atoms with Gasteiger partial charge in [0.15, 0.2) is 12.1 Å². The average Bonchev–Trinajstić information content (AvgIpc) is 2.32. The lowest BCUT2D eigenvalue weighted by molar-refractivity contribution is -0.818. The Hall–Kier alpha value is -2.00. The SMILES string of the molecule is CC(=O)OCC(N)C(=O)[N+](C)(C)CC(CC(=O)[O-])OC(C)=O. The first-order chi connectivity index (χ1) is 9.95. The summed E-state index contributed by atoms with van der Waals surface area (Å²) in [5.74, 6) is -3.12. The maximum Gasteiger partial charge on any atom is 0.333 e. The minimum atomic E-state index is -1.40. The van der Waals surface area contributed by atoms with Gasteiger partial charge in [-0.05, 0) is 0 Å². The third-order valence-electron chi connectivity index (χ3n) is 2.77. The molecule has 0 aromatic carbocycles. The second kappa shape index (κ2) is 8.44. The molecule has 0 aliphatic heterocycles. The molecule has 9 heteroatoms. The summed E-state index contributed by atoms with van der Waals surface area (Å²) in [6.45, 7) is 1.94. The highest BCUT2D eigenvalue weighted by Crippen LogP contribution is 2.09. The number of carbonyl (C=O) groups is 4. The van der Waals surface area contributed by atoms with E-state index in [1.54, 1.807) is 0 Å². The van der Waals surface area contributed by atoms with Gasteiger partial charge in [-0.3, -0.25) is 14.1 Å². The predicted molar refractivity (Wildman–Crippen MR) is 71.8 cm³/mol. The number of esters is 2. The van der Waals surface area contributed by atoms with Crippen LogP contribution in [0.15, 0.2) is 0 Å². The van der Waals surface area contributed by atoms with Gasteiger partial charge in [0.05, 0.1) is 14.1 Å². The van der Waals surface area contributed by atoms with E-state index in [0.29, 0.717) is 0 Å². The first-order valence-corrected chi connectivity index (χ1v) is 6.59. The fourth-order valence-electron chi connectivity index (χ4n) is 1.89. The highest BCUT2D eigenvalue weighted by molar-refractivity contribution is 5.76. The van der Waals surface area contributed by atoms with Gasteiger partial charge in [0.2, 0.25) is 0 Å². The number of carboxylic acid groups (broad SMARTS) is 1. The zero-order chi connectivity index (χ0) is 17.5. The molecule has 0 saturated heterocycles. The highest BCUT2D eigenvalue weighted by Gasteiger charge is 2.36. The molecule has 0 fully saturated rings. The van der Waals surface area contributed by atoms with Gasteiger partial charge < -0.3 is 25.1 Å². The first kappa shape index (κ1) is 20.0. The number of hydrogen-bond donors (Lipinski definition) is 1. The number of amides is 1. The van der Waals surface area contributed by atoms with Gasteiger partial charge in [-0.2, -0.15) is 0 Å². The summed E-state index contributed by atoms with van der Waals surface area (Å²) in [5, 5.41) is 10.7. The van der Waals surface area contributed by atoms with Crippen molar-refractivity contribution in [1.82, 2.24) is 0 Å². The van der Waals surface area contributed by atoms with Crippen LogP contribution in [0, 0.1) is 0 Å². The molecule has 0 radical (unpaired) electrons. The van der Waals surface area contributed by atoms with Crippen LogP contribution in [-0.4, -0.2) is 67.7 Å². The first-order valence-electron chi connectivity index (χ1n) is 6.59. The fraction of sp³-hybridized carbons (Fsp3) is 0.692. The lowest BCUT2D eigenvalue weighted by Crippen LogP contribution is -2.58. The largest absolute Gasteiger partial charge is 0.550 e. The van der Waals surface area contributed by atoms with Crippen molar-refractivity contribution in [2.75, 3.05) is 27.2 Å². The van der Waals surface area contributed by atoms with E-state index in [9.17, 15) is 24.3 Å². The summed E-state index contributed by atoms with van der Waals surface area (Å²) in [6, 6.07) is -1.07. The third kappa shape index (κ3) is 7.70. The summed E-state index contributed by atoms with van der Waals surface area (Å²) in [7, 11) is 2.98. The molecular formula is C13H22N2O7. The predicted octanol–water partition coefficient (Wildman–Crippen LogP) is -2.45. The van der Waals surface area contributed by atoms with Crippen LogP contribution in [0.25, 0.3) is 0 Å². The van der Waals surface area contributed by atoms with Gasteiger partial charge in [0, 0.05) is 26.2 Å². The smallest absolute Gasteiger partial charge is 0.333 e. The number of rotatable bonds is 8. The van der Waals surface area contributed by atoms with Crippen molar-refractivity contribution in [3.8, 4) is 0 Å². The van der Waals surface area contributed by atoms with Crippen molar-refractivity contribution in [2.45, 2.75) is 32.4 Å². The maximum absolute atomic E-state index is 12.2. The molecule has 0 saturated carbocycles. The summed E-state index contributed by atoms with van der Waals surface area (Å²) in [5.41, 5.74) is 5.65. The molecule has 9 nitrogen and oxygen atoms in total. The molecule has 2 N–H and O–H groups in total.